The van der Waals surface area contributed by atoms with Crippen molar-refractivity contribution in [2.24, 2.45) is 0 Å². The predicted molar refractivity (Wildman–Crippen MR) is 80.7 cm³/mol. The quantitative estimate of drug-likeness (QED) is 0.935. The number of rotatable bonds is 3. The molecule has 0 spiro atoms. The maximum atomic E-state index is 9.58. The second kappa shape index (κ2) is 6.08. The Labute approximate surface area is 128 Å². The Balaban J connectivity index is 1.89. The van der Waals surface area contributed by atoms with Crippen molar-refractivity contribution in [2.45, 2.75) is 18.9 Å². The molecule has 0 atom stereocenters. The van der Waals surface area contributed by atoms with Crippen molar-refractivity contribution in [1.29, 1.82) is 5.26 Å². The minimum Gasteiger partial charge on any atom is -0.497 e. The molecule has 1 aliphatic heterocycles. The lowest BCUT2D eigenvalue weighted by Gasteiger charge is -2.28. The van der Waals surface area contributed by atoms with Crippen LogP contribution in [0.25, 0.3) is 11.5 Å². The van der Waals surface area contributed by atoms with Crippen LogP contribution in [0, 0.1) is 11.3 Å². The first-order valence-electron chi connectivity index (χ1n) is 7.19. The van der Waals surface area contributed by atoms with Crippen LogP contribution < -0.4 is 9.64 Å². The van der Waals surface area contributed by atoms with E-state index in [1.165, 1.54) is 0 Å². The second-order valence-electron chi connectivity index (χ2n) is 5.23. The van der Waals surface area contributed by atoms with Gasteiger partial charge in [-0.3, -0.25) is 0 Å². The Morgan fingerprint density at radius 1 is 1.32 bits per heavy atom. The highest BCUT2D eigenvalue weighted by molar-refractivity contribution is 5.60. The first-order valence-corrected chi connectivity index (χ1v) is 7.19. The van der Waals surface area contributed by atoms with Gasteiger partial charge in [0.2, 0.25) is 17.5 Å². The van der Waals surface area contributed by atoms with Crippen molar-refractivity contribution < 1.29 is 14.3 Å². The van der Waals surface area contributed by atoms with Crippen molar-refractivity contribution in [1.82, 2.24) is 4.98 Å². The van der Waals surface area contributed by atoms with Crippen LogP contribution in [0.1, 0.15) is 18.5 Å². The summed E-state index contributed by atoms with van der Waals surface area (Å²) in [6.45, 7) is 1.32. The molecule has 1 saturated heterocycles. The summed E-state index contributed by atoms with van der Waals surface area (Å²) >= 11 is 0. The van der Waals surface area contributed by atoms with E-state index in [1.807, 2.05) is 29.2 Å². The van der Waals surface area contributed by atoms with E-state index in [2.05, 4.69) is 11.1 Å². The van der Waals surface area contributed by atoms with Crippen LogP contribution in [0.4, 0.5) is 5.88 Å². The van der Waals surface area contributed by atoms with E-state index < -0.39 is 0 Å². The highest BCUT2D eigenvalue weighted by atomic mass is 16.5. The maximum Gasteiger partial charge on any atom is 0.235 e. The molecule has 0 aliphatic carbocycles. The number of nitriles is 1. The summed E-state index contributed by atoms with van der Waals surface area (Å²) in [6.07, 6.45) is 1.07. The molecule has 0 amide bonds. The van der Waals surface area contributed by atoms with E-state index >= 15 is 0 Å². The third kappa shape index (κ3) is 2.76. The highest BCUT2D eigenvalue weighted by Crippen LogP contribution is 2.30. The molecule has 2 heterocycles. The van der Waals surface area contributed by atoms with Crippen LogP contribution in [0.15, 0.2) is 28.7 Å². The van der Waals surface area contributed by atoms with Gasteiger partial charge in [0.1, 0.15) is 11.8 Å². The molecule has 6 nitrogen and oxygen atoms in total. The molecule has 114 valence electrons. The van der Waals surface area contributed by atoms with Gasteiger partial charge < -0.3 is 19.2 Å². The van der Waals surface area contributed by atoms with Gasteiger partial charge in [-0.1, -0.05) is 0 Å². The third-order valence-corrected chi connectivity index (χ3v) is 3.80. The van der Waals surface area contributed by atoms with Gasteiger partial charge in [0.25, 0.3) is 0 Å². The average Bonchev–Trinajstić information content (AvgIpc) is 3.00. The van der Waals surface area contributed by atoms with E-state index in [0.29, 0.717) is 37.7 Å². The molecule has 1 aromatic heterocycles. The summed E-state index contributed by atoms with van der Waals surface area (Å²) in [5.74, 6) is 1.65. The second-order valence-corrected chi connectivity index (χ2v) is 5.23. The van der Waals surface area contributed by atoms with E-state index in [9.17, 15) is 10.4 Å². The van der Waals surface area contributed by atoms with Crippen molar-refractivity contribution in [3.63, 3.8) is 0 Å². The summed E-state index contributed by atoms with van der Waals surface area (Å²) in [5, 5.41) is 18.9. The van der Waals surface area contributed by atoms with E-state index in [4.69, 9.17) is 9.15 Å². The number of piperidine rings is 1. The number of hydrogen-bond acceptors (Lipinski definition) is 6. The van der Waals surface area contributed by atoms with Crippen molar-refractivity contribution in [2.75, 3.05) is 25.1 Å². The number of aliphatic hydroxyl groups excluding tert-OH is 1. The topological polar surface area (TPSA) is 82.5 Å². The van der Waals surface area contributed by atoms with Gasteiger partial charge >= 0.3 is 0 Å². The third-order valence-electron chi connectivity index (χ3n) is 3.80. The molecule has 0 saturated carbocycles. The van der Waals surface area contributed by atoms with Crippen LogP contribution in [0.3, 0.4) is 0 Å². The maximum absolute atomic E-state index is 9.58. The normalized spacial score (nSPS) is 15.6. The average molecular weight is 299 g/mol. The fourth-order valence-corrected chi connectivity index (χ4v) is 2.53. The summed E-state index contributed by atoms with van der Waals surface area (Å²) in [5.41, 5.74) is 1.07. The zero-order chi connectivity index (χ0) is 15.5. The fourth-order valence-electron chi connectivity index (χ4n) is 2.53. The summed E-state index contributed by atoms with van der Waals surface area (Å²) in [6, 6.07) is 9.41. The van der Waals surface area contributed by atoms with Gasteiger partial charge in [-0.2, -0.15) is 10.2 Å². The molecular formula is C16H17N3O3. The number of aromatic nitrogens is 1. The van der Waals surface area contributed by atoms with Crippen LogP contribution in [0.5, 0.6) is 5.75 Å². The molecule has 22 heavy (non-hydrogen) atoms. The largest absolute Gasteiger partial charge is 0.497 e. The molecule has 3 rings (SSSR count). The number of oxazole rings is 1. The number of ether oxygens (including phenoxy) is 1. The Morgan fingerprint density at radius 2 is 2.00 bits per heavy atom. The lowest BCUT2D eigenvalue weighted by atomic mass is 10.1. The molecule has 1 aliphatic rings. The predicted octanol–water partition coefficient (Wildman–Crippen LogP) is 2.18. The number of benzene rings is 1. The van der Waals surface area contributed by atoms with Crippen LogP contribution in [-0.2, 0) is 0 Å². The number of hydrogen-bond donors (Lipinski definition) is 1. The lowest BCUT2D eigenvalue weighted by Crippen LogP contribution is -2.35. The zero-order valence-electron chi connectivity index (χ0n) is 12.3. The first kappa shape index (κ1) is 14.4. The number of nitrogens with zero attached hydrogens (tertiary/aromatic N) is 3. The lowest BCUT2D eigenvalue weighted by molar-refractivity contribution is 0.144. The van der Waals surface area contributed by atoms with Gasteiger partial charge in [-0.05, 0) is 37.1 Å². The molecular weight excluding hydrogens is 282 g/mol. The van der Waals surface area contributed by atoms with E-state index in [1.54, 1.807) is 7.11 Å². The van der Waals surface area contributed by atoms with Crippen LogP contribution >= 0.6 is 0 Å². The Kier molecular flexibility index (Phi) is 3.98. The molecule has 1 aromatic carbocycles. The Morgan fingerprint density at radius 3 is 2.59 bits per heavy atom. The summed E-state index contributed by atoms with van der Waals surface area (Å²) in [4.78, 5) is 6.24. The van der Waals surface area contributed by atoms with Gasteiger partial charge in [-0.25, -0.2) is 0 Å². The van der Waals surface area contributed by atoms with Gasteiger partial charge in [0, 0.05) is 18.7 Å². The SMILES string of the molecule is COc1ccc(-c2nc(C#N)c(N3CCC(O)CC3)o2)cc1. The standard InChI is InChI=1S/C16H17N3O3/c1-21-13-4-2-11(3-5-13)15-18-14(10-17)16(22-15)19-8-6-12(20)7-9-19/h2-5,12,20H,6-9H2,1H3. The molecule has 2 aromatic rings. The first-order chi connectivity index (χ1) is 10.7. The fraction of sp³-hybridized carbons (Fsp3) is 0.375. The van der Waals surface area contributed by atoms with Crippen molar-refractivity contribution in [3.8, 4) is 23.3 Å². The molecule has 0 radical (unpaired) electrons. The molecule has 1 fully saturated rings. The Hall–Kier alpha value is -2.52. The minimum atomic E-state index is -0.272. The molecule has 0 unspecified atom stereocenters. The van der Waals surface area contributed by atoms with Gasteiger partial charge in [0.15, 0.2) is 0 Å². The minimum absolute atomic E-state index is 0.272. The summed E-state index contributed by atoms with van der Waals surface area (Å²) < 4.78 is 10.9. The van der Waals surface area contributed by atoms with Gasteiger partial charge in [0.05, 0.1) is 13.2 Å². The van der Waals surface area contributed by atoms with E-state index in [-0.39, 0.29) is 11.8 Å². The van der Waals surface area contributed by atoms with Crippen molar-refractivity contribution >= 4 is 5.88 Å². The molecule has 6 heteroatoms. The van der Waals surface area contributed by atoms with Crippen LogP contribution in [-0.4, -0.2) is 36.4 Å². The van der Waals surface area contributed by atoms with E-state index in [0.717, 1.165) is 11.3 Å². The Bertz CT molecular complexity index is 680. The zero-order valence-corrected chi connectivity index (χ0v) is 12.3. The van der Waals surface area contributed by atoms with Crippen molar-refractivity contribution in [3.05, 3.63) is 30.0 Å². The summed E-state index contributed by atoms with van der Waals surface area (Å²) in [7, 11) is 1.61. The number of methoxy groups -OCH3 is 1. The number of anilines is 1. The smallest absolute Gasteiger partial charge is 0.235 e. The van der Waals surface area contributed by atoms with Gasteiger partial charge in [-0.15, -0.1) is 0 Å². The molecule has 1 N–H and O–H groups in total. The number of aliphatic hydroxyl groups is 1. The highest BCUT2D eigenvalue weighted by Gasteiger charge is 2.24. The molecule has 0 bridgehead atoms. The monoisotopic (exact) mass is 299 g/mol. The van der Waals surface area contributed by atoms with Crippen LogP contribution in [0.2, 0.25) is 0 Å².